The number of barbiturate groups is 1. The van der Waals surface area contributed by atoms with Crippen molar-refractivity contribution in [2.45, 2.75) is 18.7 Å². The van der Waals surface area contributed by atoms with Gasteiger partial charge in [-0.2, -0.15) is 8.42 Å². The Labute approximate surface area is 237 Å². The molecule has 0 unspecified atom stereocenters. The molecule has 1 saturated heterocycles. The number of nitrogens with one attached hydrogen (secondary N) is 1. The smallest absolute Gasteiger partial charge is 0.339 e. The molecule has 12 heteroatoms. The molecule has 0 aromatic heterocycles. The molecule has 196 valence electrons. The standard InChI is InChI=1S/C26H20ClIN2O7S/c1-3-36-22-14-16(13-20(28)23(22)37-38(34,35)17-10-8-15(2)9-11-17)12-18-24(31)29-26(33)30(25(18)32)21-7-5-4-6-19(21)27/h4-14H,3H2,1-2H3,(H,29,31,33)/b18-12+. The molecule has 0 spiro atoms. The van der Waals surface area contributed by atoms with Gasteiger partial charge in [0, 0.05) is 0 Å². The van der Waals surface area contributed by atoms with Crippen LogP contribution < -0.4 is 19.1 Å². The fraction of sp³-hybridized carbons (Fsp3) is 0.115. The van der Waals surface area contributed by atoms with Gasteiger partial charge in [0.25, 0.3) is 11.8 Å². The molecule has 0 radical (unpaired) electrons. The van der Waals surface area contributed by atoms with Crippen molar-refractivity contribution in [2.24, 2.45) is 0 Å². The van der Waals surface area contributed by atoms with Crippen LogP contribution >= 0.6 is 34.2 Å². The normalized spacial score (nSPS) is 15.0. The summed E-state index contributed by atoms with van der Waals surface area (Å²) in [5, 5.41) is 2.29. The summed E-state index contributed by atoms with van der Waals surface area (Å²) in [6.07, 6.45) is 1.27. The number of imide groups is 2. The third-order valence-corrected chi connectivity index (χ3v) is 7.70. The van der Waals surface area contributed by atoms with Crippen LogP contribution in [0.25, 0.3) is 6.08 Å². The van der Waals surface area contributed by atoms with E-state index in [0.717, 1.165) is 10.5 Å². The number of aryl methyl sites for hydroxylation is 1. The van der Waals surface area contributed by atoms with Crippen LogP contribution in [0.4, 0.5) is 10.5 Å². The van der Waals surface area contributed by atoms with E-state index >= 15 is 0 Å². The summed E-state index contributed by atoms with van der Waals surface area (Å²) in [6, 6.07) is 14.4. The average molecular weight is 667 g/mol. The Morgan fingerprint density at radius 2 is 1.74 bits per heavy atom. The van der Waals surface area contributed by atoms with E-state index in [1.54, 1.807) is 31.2 Å². The van der Waals surface area contributed by atoms with Gasteiger partial charge in [0.15, 0.2) is 11.5 Å². The minimum atomic E-state index is -4.17. The van der Waals surface area contributed by atoms with Gasteiger partial charge in [-0.25, -0.2) is 9.69 Å². The molecule has 9 nitrogen and oxygen atoms in total. The number of urea groups is 1. The first-order valence-corrected chi connectivity index (χ1v) is 14.0. The molecule has 3 aromatic carbocycles. The molecule has 1 aliphatic heterocycles. The van der Waals surface area contributed by atoms with Crippen LogP contribution in [-0.4, -0.2) is 32.9 Å². The highest BCUT2D eigenvalue weighted by molar-refractivity contribution is 14.1. The minimum Gasteiger partial charge on any atom is -0.490 e. The van der Waals surface area contributed by atoms with Crippen LogP contribution in [0.1, 0.15) is 18.1 Å². The maximum atomic E-state index is 13.2. The van der Waals surface area contributed by atoms with Crippen LogP contribution in [-0.2, 0) is 19.7 Å². The molecule has 1 aliphatic rings. The molecular weight excluding hydrogens is 647 g/mol. The van der Waals surface area contributed by atoms with E-state index < -0.39 is 28.0 Å². The van der Waals surface area contributed by atoms with Crippen molar-refractivity contribution in [2.75, 3.05) is 11.5 Å². The fourth-order valence-electron chi connectivity index (χ4n) is 3.55. The molecular formula is C26H20ClIN2O7S. The summed E-state index contributed by atoms with van der Waals surface area (Å²) in [5.41, 5.74) is 1.01. The number of carbonyl (C=O) groups is 3. The second-order valence-electron chi connectivity index (χ2n) is 8.02. The van der Waals surface area contributed by atoms with E-state index in [4.69, 9.17) is 20.5 Å². The van der Waals surface area contributed by atoms with E-state index in [2.05, 4.69) is 5.32 Å². The fourth-order valence-corrected chi connectivity index (χ4v) is 5.62. The van der Waals surface area contributed by atoms with Crippen molar-refractivity contribution < 1.29 is 31.7 Å². The predicted molar refractivity (Wildman–Crippen MR) is 150 cm³/mol. The first-order valence-electron chi connectivity index (χ1n) is 11.2. The number of ether oxygens (including phenoxy) is 1. The second kappa shape index (κ2) is 11.1. The predicted octanol–water partition coefficient (Wildman–Crippen LogP) is 5.09. The lowest BCUT2D eigenvalue weighted by molar-refractivity contribution is -0.122. The molecule has 3 aromatic rings. The van der Waals surface area contributed by atoms with Gasteiger partial charge < -0.3 is 8.92 Å². The van der Waals surface area contributed by atoms with Crippen molar-refractivity contribution >= 4 is 73.9 Å². The van der Waals surface area contributed by atoms with Gasteiger partial charge in [0.1, 0.15) is 10.5 Å². The van der Waals surface area contributed by atoms with Crippen molar-refractivity contribution in [3.8, 4) is 11.5 Å². The summed E-state index contributed by atoms with van der Waals surface area (Å²) in [6.45, 7) is 3.73. The van der Waals surface area contributed by atoms with Gasteiger partial charge in [-0.1, -0.05) is 41.4 Å². The highest BCUT2D eigenvalue weighted by atomic mass is 127. The van der Waals surface area contributed by atoms with E-state index in [-0.39, 0.29) is 39.3 Å². The third kappa shape index (κ3) is 5.69. The Morgan fingerprint density at radius 3 is 2.39 bits per heavy atom. The van der Waals surface area contributed by atoms with Gasteiger partial charge in [0.05, 0.1) is 20.9 Å². The summed E-state index contributed by atoms with van der Waals surface area (Å²) >= 11 is 8.05. The zero-order valence-electron chi connectivity index (χ0n) is 20.0. The molecule has 0 atom stereocenters. The molecule has 38 heavy (non-hydrogen) atoms. The number of carbonyl (C=O) groups excluding carboxylic acids is 3. The van der Waals surface area contributed by atoms with E-state index in [1.807, 2.05) is 29.5 Å². The number of nitrogens with zero attached hydrogens (tertiary/aromatic N) is 1. The summed E-state index contributed by atoms with van der Waals surface area (Å²) < 4.78 is 37.2. The number of anilines is 1. The monoisotopic (exact) mass is 666 g/mol. The highest BCUT2D eigenvalue weighted by Crippen LogP contribution is 2.37. The maximum Gasteiger partial charge on any atom is 0.339 e. The van der Waals surface area contributed by atoms with E-state index in [9.17, 15) is 22.8 Å². The Morgan fingerprint density at radius 1 is 1.05 bits per heavy atom. The number of hydrogen-bond donors (Lipinski definition) is 1. The Hall–Kier alpha value is -3.42. The van der Waals surface area contributed by atoms with Gasteiger partial charge in [-0.3, -0.25) is 14.9 Å². The average Bonchev–Trinajstić information content (AvgIpc) is 2.85. The van der Waals surface area contributed by atoms with Crippen molar-refractivity contribution in [1.29, 1.82) is 0 Å². The molecule has 0 aliphatic carbocycles. The first-order chi connectivity index (χ1) is 18.0. The van der Waals surface area contributed by atoms with Crippen LogP contribution in [0.15, 0.2) is 71.1 Å². The zero-order chi connectivity index (χ0) is 27.6. The van der Waals surface area contributed by atoms with Crippen LogP contribution in [0, 0.1) is 10.5 Å². The molecule has 1 heterocycles. The summed E-state index contributed by atoms with van der Waals surface area (Å²) in [5.74, 6) is -1.72. The number of para-hydroxylation sites is 1. The number of amides is 4. The van der Waals surface area contributed by atoms with Crippen molar-refractivity contribution in [3.63, 3.8) is 0 Å². The Kier molecular flexibility index (Phi) is 8.09. The Bertz CT molecular complexity index is 1590. The molecule has 0 bridgehead atoms. The maximum absolute atomic E-state index is 13.2. The second-order valence-corrected chi connectivity index (χ2v) is 11.1. The molecule has 4 amide bonds. The lowest BCUT2D eigenvalue weighted by Crippen LogP contribution is -2.54. The third-order valence-electron chi connectivity index (χ3n) is 5.34. The van der Waals surface area contributed by atoms with Crippen LogP contribution in [0.5, 0.6) is 11.5 Å². The molecule has 1 fully saturated rings. The Balaban J connectivity index is 1.73. The van der Waals surface area contributed by atoms with Crippen molar-refractivity contribution in [3.05, 3.63) is 86.0 Å². The molecule has 1 N–H and O–H groups in total. The molecule has 4 rings (SSSR count). The lowest BCUT2D eigenvalue weighted by Gasteiger charge is -2.27. The van der Waals surface area contributed by atoms with Gasteiger partial charge >= 0.3 is 16.1 Å². The largest absolute Gasteiger partial charge is 0.490 e. The zero-order valence-corrected chi connectivity index (χ0v) is 23.8. The van der Waals surface area contributed by atoms with Crippen LogP contribution in [0.2, 0.25) is 5.02 Å². The lowest BCUT2D eigenvalue weighted by atomic mass is 10.1. The number of hydrogen-bond acceptors (Lipinski definition) is 7. The number of rotatable bonds is 7. The number of halogens is 2. The number of benzene rings is 3. The summed E-state index contributed by atoms with van der Waals surface area (Å²) in [4.78, 5) is 39.0. The quantitative estimate of drug-likeness (QED) is 0.162. The molecule has 0 saturated carbocycles. The van der Waals surface area contributed by atoms with Gasteiger partial charge in [0.2, 0.25) is 0 Å². The van der Waals surface area contributed by atoms with Crippen LogP contribution in [0.3, 0.4) is 0 Å². The topological polar surface area (TPSA) is 119 Å². The highest BCUT2D eigenvalue weighted by Gasteiger charge is 2.37. The first kappa shape index (κ1) is 27.6. The SMILES string of the molecule is CCOc1cc(/C=C2\C(=O)NC(=O)N(c3ccccc3Cl)C2=O)cc(I)c1OS(=O)(=O)c1ccc(C)cc1. The van der Waals surface area contributed by atoms with Gasteiger partial charge in [-0.05, 0) is 84.5 Å². The minimum absolute atomic E-state index is 0.0265. The summed E-state index contributed by atoms with van der Waals surface area (Å²) in [7, 11) is -4.17. The van der Waals surface area contributed by atoms with Gasteiger partial charge in [-0.15, -0.1) is 0 Å². The van der Waals surface area contributed by atoms with E-state index in [0.29, 0.717) is 9.13 Å². The van der Waals surface area contributed by atoms with E-state index in [1.165, 1.54) is 42.5 Å². The van der Waals surface area contributed by atoms with Crippen molar-refractivity contribution in [1.82, 2.24) is 5.32 Å².